The van der Waals surface area contributed by atoms with Crippen molar-refractivity contribution in [2.75, 3.05) is 18.4 Å². The number of carbonyl (C=O) groups excluding carboxylic acids is 1. The molecule has 0 unspecified atom stereocenters. The van der Waals surface area contributed by atoms with Crippen molar-refractivity contribution in [2.24, 2.45) is 0 Å². The summed E-state index contributed by atoms with van der Waals surface area (Å²) in [5.41, 5.74) is 0.741. The Morgan fingerprint density at radius 3 is 2.45 bits per heavy atom. The molecule has 0 aliphatic rings. The topological polar surface area (TPSA) is 84.5 Å². The third kappa shape index (κ3) is 5.59. The van der Waals surface area contributed by atoms with Crippen molar-refractivity contribution in [3.63, 3.8) is 0 Å². The van der Waals surface area contributed by atoms with Crippen molar-refractivity contribution in [3.8, 4) is 5.75 Å². The molecule has 29 heavy (non-hydrogen) atoms. The quantitative estimate of drug-likeness (QED) is 0.488. The van der Waals surface area contributed by atoms with Crippen LogP contribution in [0.15, 0.2) is 69.3 Å². The molecule has 0 aliphatic carbocycles. The van der Waals surface area contributed by atoms with E-state index in [1.54, 1.807) is 35.6 Å². The van der Waals surface area contributed by atoms with Gasteiger partial charge in [-0.1, -0.05) is 12.1 Å². The SMILES string of the molecule is COc1ccccc1NS(=O)(=O)c1ccc(C(=O)NCCc2ccc(Br)s2)cc1. The number of nitrogens with one attached hydrogen (secondary N) is 2. The number of sulfonamides is 1. The number of anilines is 1. The van der Waals surface area contributed by atoms with Gasteiger partial charge in [-0.15, -0.1) is 11.3 Å². The Morgan fingerprint density at radius 1 is 1.07 bits per heavy atom. The lowest BCUT2D eigenvalue weighted by Gasteiger charge is -2.12. The first-order valence-corrected chi connectivity index (χ1v) is 11.8. The van der Waals surface area contributed by atoms with Crippen molar-refractivity contribution in [1.82, 2.24) is 5.32 Å². The number of thiophene rings is 1. The van der Waals surface area contributed by atoms with E-state index in [-0.39, 0.29) is 10.8 Å². The molecule has 152 valence electrons. The average Bonchev–Trinajstić information content (AvgIpc) is 3.13. The maximum atomic E-state index is 12.6. The number of methoxy groups -OCH3 is 1. The van der Waals surface area contributed by atoms with Crippen molar-refractivity contribution in [1.29, 1.82) is 0 Å². The van der Waals surface area contributed by atoms with E-state index in [1.165, 1.54) is 36.3 Å². The summed E-state index contributed by atoms with van der Waals surface area (Å²) in [5.74, 6) is 0.173. The Labute approximate surface area is 182 Å². The summed E-state index contributed by atoms with van der Waals surface area (Å²) < 4.78 is 33.9. The first-order chi connectivity index (χ1) is 13.9. The number of benzene rings is 2. The predicted molar refractivity (Wildman–Crippen MR) is 118 cm³/mol. The van der Waals surface area contributed by atoms with Gasteiger partial charge in [0.15, 0.2) is 0 Å². The molecule has 1 aromatic heterocycles. The second-order valence-electron chi connectivity index (χ2n) is 6.04. The molecule has 2 aromatic carbocycles. The smallest absolute Gasteiger partial charge is 0.262 e. The van der Waals surface area contributed by atoms with Crippen LogP contribution in [0, 0.1) is 0 Å². The van der Waals surface area contributed by atoms with Crippen LogP contribution < -0.4 is 14.8 Å². The third-order valence-corrected chi connectivity index (χ3v) is 7.13. The molecular weight excluding hydrogens is 476 g/mol. The molecular formula is C20H19BrN2O4S2. The highest BCUT2D eigenvalue weighted by Gasteiger charge is 2.17. The molecule has 0 atom stereocenters. The van der Waals surface area contributed by atoms with E-state index >= 15 is 0 Å². The van der Waals surface area contributed by atoms with Crippen molar-refractivity contribution in [2.45, 2.75) is 11.3 Å². The Morgan fingerprint density at radius 2 is 1.79 bits per heavy atom. The fourth-order valence-electron chi connectivity index (χ4n) is 2.61. The molecule has 0 bridgehead atoms. The van der Waals surface area contributed by atoms with Crippen LogP contribution in [0.2, 0.25) is 0 Å². The zero-order chi connectivity index (χ0) is 20.9. The maximum Gasteiger partial charge on any atom is 0.262 e. The molecule has 0 saturated carbocycles. The van der Waals surface area contributed by atoms with Crippen LogP contribution >= 0.6 is 27.3 Å². The zero-order valence-corrected chi connectivity index (χ0v) is 18.7. The highest BCUT2D eigenvalue weighted by atomic mass is 79.9. The van der Waals surface area contributed by atoms with Gasteiger partial charge in [0.1, 0.15) is 5.75 Å². The minimum atomic E-state index is -3.80. The second kappa shape index (κ2) is 9.43. The fourth-order valence-corrected chi connectivity index (χ4v) is 5.16. The van der Waals surface area contributed by atoms with Gasteiger partial charge in [0, 0.05) is 17.0 Å². The standard InChI is InChI=1S/C20H19BrN2O4S2/c1-27-18-5-3-2-4-17(18)23-29(25,26)16-9-6-14(7-10-16)20(24)22-13-12-15-8-11-19(21)28-15/h2-11,23H,12-13H2,1H3,(H,22,24). The fraction of sp³-hybridized carbons (Fsp3) is 0.150. The van der Waals surface area contributed by atoms with Crippen LogP contribution in [0.1, 0.15) is 15.2 Å². The number of carbonyl (C=O) groups is 1. The van der Waals surface area contributed by atoms with Gasteiger partial charge in [-0.3, -0.25) is 9.52 Å². The van der Waals surface area contributed by atoms with Gasteiger partial charge in [-0.2, -0.15) is 0 Å². The number of hydrogen-bond donors (Lipinski definition) is 2. The van der Waals surface area contributed by atoms with E-state index < -0.39 is 10.0 Å². The third-order valence-electron chi connectivity index (χ3n) is 4.06. The van der Waals surface area contributed by atoms with Gasteiger partial charge in [0.25, 0.3) is 15.9 Å². The average molecular weight is 495 g/mol. The summed E-state index contributed by atoms with van der Waals surface area (Å²) in [4.78, 5) is 13.5. The normalized spacial score (nSPS) is 11.1. The lowest BCUT2D eigenvalue weighted by Crippen LogP contribution is -2.25. The van der Waals surface area contributed by atoms with Crippen LogP contribution in [0.25, 0.3) is 0 Å². The molecule has 0 saturated heterocycles. The first kappa shape index (κ1) is 21.4. The molecule has 3 aromatic rings. The minimum absolute atomic E-state index is 0.0587. The Bertz CT molecular complexity index is 1100. The lowest BCUT2D eigenvalue weighted by atomic mass is 10.2. The summed E-state index contributed by atoms with van der Waals surface area (Å²) in [6, 6.07) is 16.5. The maximum absolute atomic E-state index is 12.6. The van der Waals surface area contributed by atoms with Gasteiger partial charge in [0.2, 0.25) is 0 Å². The highest BCUT2D eigenvalue weighted by Crippen LogP contribution is 2.26. The Kier molecular flexibility index (Phi) is 6.94. The number of ether oxygens (including phenoxy) is 1. The Balaban J connectivity index is 1.63. The van der Waals surface area contributed by atoms with E-state index in [4.69, 9.17) is 4.74 Å². The van der Waals surface area contributed by atoms with E-state index in [9.17, 15) is 13.2 Å². The molecule has 2 N–H and O–H groups in total. The molecule has 6 nitrogen and oxygen atoms in total. The van der Waals surface area contributed by atoms with Crippen LogP contribution in [-0.2, 0) is 16.4 Å². The summed E-state index contributed by atoms with van der Waals surface area (Å²) >= 11 is 5.04. The molecule has 3 rings (SSSR count). The minimum Gasteiger partial charge on any atom is -0.495 e. The van der Waals surface area contributed by atoms with Crippen LogP contribution in [0.5, 0.6) is 5.75 Å². The van der Waals surface area contributed by atoms with Crippen LogP contribution in [-0.4, -0.2) is 28.0 Å². The van der Waals surface area contributed by atoms with Gasteiger partial charge in [-0.25, -0.2) is 8.42 Å². The molecule has 1 amide bonds. The summed E-state index contributed by atoms with van der Waals surface area (Å²) in [5, 5.41) is 2.84. The van der Waals surface area contributed by atoms with E-state index in [2.05, 4.69) is 26.0 Å². The molecule has 0 radical (unpaired) electrons. The Hall–Kier alpha value is -2.36. The summed E-state index contributed by atoms with van der Waals surface area (Å²) in [6.45, 7) is 0.501. The number of hydrogen-bond acceptors (Lipinski definition) is 5. The van der Waals surface area contributed by atoms with Gasteiger partial charge in [-0.05, 0) is 70.9 Å². The van der Waals surface area contributed by atoms with Crippen molar-refractivity contribution >= 4 is 48.9 Å². The first-order valence-electron chi connectivity index (χ1n) is 8.67. The molecule has 0 spiro atoms. The molecule has 0 aliphatic heterocycles. The number of rotatable bonds is 8. The molecule has 9 heteroatoms. The number of halogens is 1. The molecule has 0 fully saturated rings. The highest BCUT2D eigenvalue weighted by molar-refractivity contribution is 9.11. The lowest BCUT2D eigenvalue weighted by molar-refractivity contribution is 0.0954. The van der Waals surface area contributed by atoms with Crippen LogP contribution in [0.4, 0.5) is 5.69 Å². The van der Waals surface area contributed by atoms with Crippen molar-refractivity contribution in [3.05, 3.63) is 74.9 Å². The summed E-state index contributed by atoms with van der Waals surface area (Å²) in [6.07, 6.45) is 0.733. The zero-order valence-electron chi connectivity index (χ0n) is 15.5. The summed E-state index contributed by atoms with van der Waals surface area (Å²) in [7, 11) is -2.33. The van der Waals surface area contributed by atoms with E-state index in [1.807, 2.05) is 12.1 Å². The number of amides is 1. The van der Waals surface area contributed by atoms with Gasteiger partial charge in [0.05, 0.1) is 21.5 Å². The molecule has 1 heterocycles. The monoisotopic (exact) mass is 494 g/mol. The van der Waals surface area contributed by atoms with Gasteiger partial charge >= 0.3 is 0 Å². The largest absolute Gasteiger partial charge is 0.495 e. The van der Waals surface area contributed by atoms with Crippen LogP contribution in [0.3, 0.4) is 0 Å². The van der Waals surface area contributed by atoms with E-state index in [0.29, 0.717) is 23.5 Å². The number of para-hydroxylation sites is 2. The van der Waals surface area contributed by atoms with Gasteiger partial charge < -0.3 is 10.1 Å². The predicted octanol–water partition coefficient (Wildman–Crippen LogP) is 4.29. The van der Waals surface area contributed by atoms with E-state index in [0.717, 1.165) is 10.2 Å². The second-order valence-corrected chi connectivity index (χ2v) is 10.3. The van der Waals surface area contributed by atoms with Crippen molar-refractivity contribution < 1.29 is 17.9 Å².